The Balaban J connectivity index is 0.000000758. The summed E-state index contributed by atoms with van der Waals surface area (Å²) in [5.74, 6) is -3.57. The zero-order chi connectivity index (χ0) is 20.8. The van der Waals surface area contributed by atoms with Crippen molar-refractivity contribution in [2.24, 2.45) is 5.73 Å². The minimum atomic E-state index is -5.08. The van der Waals surface area contributed by atoms with Gasteiger partial charge in [-0.3, -0.25) is 10.2 Å². The number of nitrogens with one attached hydrogen (secondary N) is 1. The maximum Gasteiger partial charge on any atom is 0.490 e. The van der Waals surface area contributed by atoms with Crippen LogP contribution in [0.1, 0.15) is 0 Å². The molecule has 26 heavy (non-hydrogen) atoms. The molecule has 0 bridgehead atoms. The van der Waals surface area contributed by atoms with Crippen molar-refractivity contribution in [3.63, 3.8) is 0 Å². The first-order chi connectivity index (χ1) is 11.7. The fourth-order valence-corrected chi connectivity index (χ4v) is 1.96. The molecule has 0 unspecified atom stereocenters. The van der Waals surface area contributed by atoms with E-state index in [9.17, 15) is 38.4 Å². The summed E-state index contributed by atoms with van der Waals surface area (Å²) in [6.45, 7) is -0.962. The maximum absolute atomic E-state index is 12.0. The van der Waals surface area contributed by atoms with Gasteiger partial charge in [0.05, 0.1) is 19.2 Å². The molecule has 4 atom stereocenters. The fourth-order valence-electron chi connectivity index (χ4n) is 1.96. The number of likely N-dealkylation sites (tertiary alicyclic amines) is 1. The number of aliphatic carboxylic acids is 1. The molecule has 0 saturated carbocycles. The number of aliphatic hydroxyl groups excluding tert-OH is 4. The summed E-state index contributed by atoms with van der Waals surface area (Å²) in [7, 11) is 1.44. The van der Waals surface area contributed by atoms with E-state index in [4.69, 9.17) is 21.0 Å². The number of hydrogen-bond donors (Lipinski definition) is 7. The molecular weight excluding hydrogens is 369 g/mol. The van der Waals surface area contributed by atoms with Gasteiger partial charge in [0.15, 0.2) is 5.96 Å². The second-order valence-corrected chi connectivity index (χ2v) is 5.39. The third kappa shape index (κ3) is 6.62. The highest BCUT2D eigenvalue weighted by Crippen LogP contribution is 2.19. The van der Waals surface area contributed by atoms with Gasteiger partial charge >= 0.3 is 12.1 Å². The Morgan fingerprint density at radius 2 is 1.73 bits per heavy atom. The molecule has 0 radical (unpaired) electrons. The van der Waals surface area contributed by atoms with Crippen LogP contribution >= 0.6 is 0 Å². The van der Waals surface area contributed by atoms with Crippen LogP contribution in [0.15, 0.2) is 0 Å². The number of likely N-dealkylation sites (N-methyl/N-ethyl adjacent to an activating group) is 1. The van der Waals surface area contributed by atoms with Gasteiger partial charge < -0.3 is 41.1 Å². The number of guanidine groups is 1. The lowest BCUT2D eigenvalue weighted by Crippen LogP contribution is -2.65. The number of amides is 1. The van der Waals surface area contributed by atoms with E-state index in [2.05, 4.69) is 0 Å². The molecule has 1 amide bonds. The van der Waals surface area contributed by atoms with E-state index in [0.29, 0.717) is 0 Å². The lowest BCUT2D eigenvalue weighted by Gasteiger charge is -2.43. The first kappa shape index (κ1) is 23.8. The molecule has 1 aliphatic heterocycles. The van der Waals surface area contributed by atoms with Crippen LogP contribution in [0.25, 0.3) is 0 Å². The first-order valence-electron chi connectivity index (χ1n) is 7.03. The molecule has 1 fully saturated rings. The molecule has 8 N–H and O–H groups in total. The number of halogens is 3. The zero-order valence-corrected chi connectivity index (χ0v) is 13.6. The summed E-state index contributed by atoms with van der Waals surface area (Å²) in [6, 6.07) is -0.994. The average Bonchev–Trinajstić information content (AvgIpc) is 2.51. The number of aliphatic hydroxyl groups is 4. The monoisotopic (exact) mass is 390 g/mol. The van der Waals surface area contributed by atoms with Crippen LogP contribution in [0.4, 0.5) is 13.2 Å². The summed E-state index contributed by atoms with van der Waals surface area (Å²) >= 11 is 0. The minimum Gasteiger partial charge on any atom is -0.475 e. The number of piperidine rings is 1. The smallest absolute Gasteiger partial charge is 0.475 e. The predicted octanol–water partition coefficient (Wildman–Crippen LogP) is -3.27. The van der Waals surface area contributed by atoms with Crippen LogP contribution in [0, 0.1) is 5.41 Å². The van der Waals surface area contributed by atoms with Crippen LogP contribution in [-0.4, -0.2) is 110 Å². The van der Waals surface area contributed by atoms with Crippen molar-refractivity contribution in [1.82, 2.24) is 9.80 Å². The summed E-state index contributed by atoms with van der Waals surface area (Å²) in [5.41, 5.74) is 5.21. The Kier molecular flexibility index (Phi) is 8.72. The van der Waals surface area contributed by atoms with Crippen molar-refractivity contribution < 1.29 is 48.3 Å². The highest BCUT2D eigenvalue weighted by molar-refractivity contribution is 5.84. The predicted molar refractivity (Wildman–Crippen MR) is 78.8 cm³/mol. The maximum atomic E-state index is 12.0. The fraction of sp³-hybridized carbons (Fsp3) is 0.750. The first-order valence-corrected chi connectivity index (χ1v) is 7.03. The number of carbonyl (C=O) groups is 2. The van der Waals surface area contributed by atoms with Gasteiger partial charge in [-0.2, -0.15) is 13.2 Å². The lowest BCUT2D eigenvalue weighted by atomic mass is 9.94. The van der Waals surface area contributed by atoms with E-state index in [1.807, 2.05) is 0 Å². The number of hydrogen-bond acceptors (Lipinski definition) is 7. The van der Waals surface area contributed by atoms with Crippen LogP contribution in [0.2, 0.25) is 0 Å². The van der Waals surface area contributed by atoms with Crippen molar-refractivity contribution >= 4 is 17.8 Å². The molecule has 14 heteroatoms. The Bertz CT molecular complexity index is 520. The third-order valence-electron chi connectivity index (χ3n) is 3.46. The van der Waals surface area contributed by atoms with Gasteiger partial charge in [-0.25, -0.2) is 4.79 Å². The van der Waals surface area contributed by atoms with Gasteiger partial charge in [-0.05, 0) is 0 Å². The highest BCUT2D eigenvalue weighted by Gasteiger charge is 2.43. The number of carboxylic acid groups (broad SMARTS) is 1. The SMILES string of the molecule is CN(CC(=O)N1C[C@@H](O)[C@@H](O)[C@H](O)[C@H]1CO)C(=N)N.O=C(O)C(F)(F)F. The van der Waals surface area contributed by atoms with E-state index < -0.39 is 49.0 Å². The normalized spacial score (nSPS) is 25.8. The van der Waals surface area contributed by atoms with E-state index >= 15 is 0 Å². The van der Waals surface area contributed by atoms with Gasteiger partial charge in [0.2, 0.25) is 5.91 Å². The van der Waals surface area contributed by atoms with Crippen LogP contribution in [-0.2, 0) is 9.59 Å². The number of carbonyl (C=O) groups excluding carboxylic acids is 1. The summed E-state index contributed by atoms with van der Waals surface area (Å²) in [5, 5.41) is 52.3. The third-order valence-corrected chi connectivity index (χ3v) is 3.46. The van der Waals surface area contributed by atoms with Crippen LogP contribution in [0.5, 0.6) is 0 Å². The van der Waals surface area contributed by atoms with Gasteiger partial charge in [-0.1, -0.05) is 0 Å². The molecule has 0 aliphatic carbocycles. The molecule has 0 spiro atoms. The highest BCUT2D eigenvalue weighted by atomic mass is 19.4. The number of alkyl halides is 3. The number of carboxylic acids is 1. The second-order valence-electron chi connectivity index (χ2n) is 5.39. The quantitative estimate of drug-likeness (QED) is 0.191. The van der Waals surface area contributed by atoms with Crippen LogP contribution in [0.3, 0.4) is 0 Å². The standard InChI is InChI=1S/C10H20N4O5.C2HF3O2/c1-13(10(11)12)3-7(17)14-2-6(16)9(19)8(18)5(14)4-15;3-2(4,5)1(6)7/h5-6,8-9,15-16,18-19H,2-4H2,1H3,(H3,11,12);(H,6,7)/t5-,6-,8-,9-;/m1./s1. The molecule has 11 nitrogen and oxygen atoms in total. The largest absolute Gasteiger partial charge is 0.490 e. The van der Waals surface area contributed by atoms with Crippen molar-refractivity contribution in [2.45, 2.75) is 30.5 Å². The summed E-state index contributed by atoms with van der Waals surface area (Å²) in [4.78, 5) is 23.2. The Hall–Kier alpha value is -2.16. The molecule has 0 aromatic carbocycles. The molecule has 0 aromatic rings. The second kappa shape index (κ2) is 9.51. The average molecular weight is 390 g/mol. The van der Waals surface area contributed by atoms with E-state index in [0.717, 1.165) is 4.90 Å². The molecule has 1 aliphatic rings. The number of rotatable bonds is 3. The van der Waals surface area contributed by atoms with E-state index in [-0.39, 0.29) is 19.0 Å². The van der Waals surface area contributed by atoms with Gasteiger partial charge in [0.25, 0.3) is 0 Å². The Morgan fingerprint density at radius 3 is 2.08 bits per heavy atom. The molecule has 1 saturated heterocycles. The van der Waals surface area contributed by atoms with Gasteiger partial charge in [-0.15, -0.1) is 0 Å². The van der Waals surface area contributed by atoms with Crippen molar-refractivity contribution in [1.29, 1.82) is 5.41 Å². The minimum absolute atomic E-state index is 0.200. The van der Waals surface area contributed by atoms with Crippen molar-refractivity contribution in [3.05, 3.63) is 0 Å². The summed E-state index contributed by atoms with van der Waals surface area (Å²) in [6.07, 6.45) is -9.21. The Labute approximate surface area is 145 Å². The molecule has 1 heterocycles. The van der Waals surface area contributed by atoms with Gasteiger partial charge in [0.1, 0.15) is 18.3 Å². The van der Waals surface area contributed by atoms with Gasteiger partial charge in [0, 0.05) is 13.6 Å². The lowest BCUT2D eigenvalue weighted by molar-refractivity contribution is -0.192. The van der Waals surface area contributed by atoms with Crippen molar-refractivity contribution in [2.75, 3.05) is 26.7 Å². The number of nitrogens with zero attached hydrogens (tertiary/aromatic N) is 2. The number of β-amino-alcohol motifs (C(OH)–C–C–N with tert-alkyl or cyclic N) is 1. The van der Waals surface area contributed by atoms with E-state index in [1.54, 1.807) is 0 Å². The molecule has 1 rings (SSSR count). The topological polar surface area (TPSA) is 192 Å². The molecular formula is C12H21F3N4O7. The number of nitrogens with two attached hydrogens (primary N) is 1. The Morgan fingerprint density at radius 1 is 1.27 bits per heavy atom. The zero-order valence-electron chi connectivity index (χ0n) is 13.6. The van der Waals surface area contributed by atoms with Crippen molar-refractivity contribution in [3.8, 4) is 0 Å². The molecule has 152 valence electrons. The molecule has 0 aromatic heterocycles. The van der Waals surface area contributed by atoms with E-state index in [1.165, 1.54) is 11.9 Å². The summed E-state index contributed by atoms with van der Waals surface area (Å²) < 4.78 is 31.7. The van der Waals surface area contributed by atoms with Crippen LogP contribution < -0.4 is 5.73 Å².